The molecule has 2 heteroatoms. The lowest BCUT2D eigenvalue weighted by molar-refractivity contribution is 0.374. The molecule has 2 nitrogen and oxygen atoms in total. The summed E-state index contributed by atoms with van der Waals surface area (Å²) in [5.41, 5.74) is 0. The van der Waals surface area contributed by atoms with E-state index in [1.54, 1.807) is 0 Å². The molecule has 1 rings (SSSR count). The summed E-state index contributed by atoms with van der Waals surface area (Å²) in [5.74, 6) is -0.00870. The molecule has 0 radical (unpaired) electrons. The van der Waals surface area contributed by atoms with Gasteiger partial charge < -0.3 is 0 Å². The maximum atomic E-state index is 8.81. The van der Waals surface area contributed by atoms with Gasteiger partial charge in [0.05, 0.1) is 24.0 Å². The quantitative estimate of drug-likeness (QED) is 0.549. The zero-order valence-electron chi connectivity index (χ0n) is 7.29. The van der Waals surface area contributed by atoms with Gasteiger partial charge in [-0.3, -0.25) is 0 Å². The Kier molecular flexibility index (Phi) is 3.61. The molecule has 0 spiro atoms. The molecule has 1 aliphatic carbocycles. The van der Waals surface area contributed by atoms with Gasteiger partial charge in [-0.15, -0.1) is 0 Å². The van der Waals surface area contributed by atoms with E-state index >= 15 is 0 Å². The Hall–Kier alpha value is -1.02. The van der Waals surface area contributed by atoms with Crippen molar-refractivity contribution in [3.63, 3.8) is 0 Å². The molecule has 0 N–H and O–H groups in total. The van der Waals surface area contributed by atoms with E-state index < -0.39 is 0 Å². The zero-order chi connectivity index (χ0) is 8.81. The van der Waals surface area contributed by atoms with Gasteiger partial charge in [-0.25, -0.2) is 0 Å². The number of nitriles is 2. The smallest absolute Gasteiger partial charge is 0.0669 e. The molecule has 12 heavy (non-hydrogen) atoms. The lowest BCUT2D eigenvalue weighted by Crippen LogP contribution is -2.13. The minimum Gasteiger partial charge on any atom is -0.198 e. The number of hydrogen-bond acceptors (Lipinski definition) is 2. The standard InChI is InChI=1S/C10H14N2/c11-7-9-5-3-1-2-4-6-10(9)8-12/h9-10H,1-6H2/t9-,10+. The van der Waals surface area contributed by atoms with Crippen LogP contribution in [-0.4, -0.2) is 0 Å². The van der Waals surface area contributed by atoms with Gasteiger partial charge in [0.2, 0.25) is 0 Å². The van der Waals surface area contributed by atoms with E-state index in [0.29, 0.717) is 0 Å². The SMILES string of the molecule is N#C[C@@H]1CCCCCC[C@@H]1C#N. The predicted octanol–water partition coefficient (Wildman–Crippen LogP) is 2.62. The van der Waals surface area contributed by atoms with Crippen LogP contribution >= 0.6 is 0 Å². The van der Waals surface area contributed by atoms with Crippen LogP contribution in [0.25, 0.3) is 0 Å². The molecule has 0 saturated heterocycles. The second kappa shape index (κ2) is 4.78. The van der Waals surface area contributed by atoms with Gasteiger partial charge in [-0.1, -0.05) is 25.7 Å². The second-order valence-corrected chi connectivity index (χ2v) is 3.46. The van der Waals surface area contributed by atoms with Crippen LogP contribution in [0.5, 0.6) is 0 Å². The summed E-state index contributed by atoms with van der Waals surface area (Å²) in [5, 5.41) is 17.6. The maximum Gasteiger partial charge on any atom is 0.0669 e. The summed E-state index contributed by atoms with van der Waals surface area (Å²) in [6, 6.07) is 4.50. The molecular formula is C10H14N2. The van der Waals surface area contributed by atoms with E-state index in [-0.39, 0.29) is 11.8 Å². The van der Waals surface area contributed by atoms with Gasteiger partial charge >= 0.3 is 0 Å². The Balaban J connectivity index is 2.54. The lowest BCUT2D eigenvalue weighted by atomic mass is 9.83. The van der Waals surface area contributed by atoms with Gasteiger partial charge in [0.15, 0.2) is 0 Å². The Morgan fingerprint density at radius 3 is 1.50 bits per heavy atom. The number of hydrogen-bond donors (Lipinski definition) is 0. The Labute approximate surface area is 73.8 Å². The maximum absolute atomic E-state index is 8.81. The van der Waals surface area contributed by atoms with Gasteiger partial charge in [0, 0.05) is 0 Å². The Morgan fingerprint density at radius 2 is 1.17 bits per heavy atom. The molecule has 0 aromatic carbocycles. The van der Waals surface area contributed by atoms with Crippen molar-refractivity contribution in [2.75, 3.05) is 0 Å². The molecule has 1 saturated carbocycles. The first-order valence-corrected chi connectivity index (χ1v) is 4.67. The third-order valence-corrected chi connectivity index (χ3v) is 2.60. The molecular weight excluding hydrogens is 148 g/mol. The second-order valence-electron chi connectivity index (χ2n) is 3.46. The first kappa shape index (κ1) is 9.07. The molecule has 0 heterocycles. The van der Waals surface area contributed by atoms with Crippen LogP contribution < -0.4 is 0 Å². The summed E-state index contributed by atoms with van der Waals surface area (Å²) in [6.07, 6.45) is 6.56. The van der Waals surface area contributed by atoms with Crippen LogP contribution in [-0.2, 0) is 0 Å². The largest absolute Gasteiger partial charge is 0.198 e. The fourth-order valence-corrected chi connectivity index (χ4v) is 1.79. The minimum absolute atomic E-state index is 0.00435. The highest BCUT2D eigenvalue weighted by molar-refractivity contribution is 4.98. The third kappa shape index (κ3) is 2.24. The van der Waals surface area contributed by atoms with Crippen LogP contribution in [0.4, 0.5) is 0 Å². The highest BCUT2D eigenvalue weighted by Gasteiger charge is 2.21. The molecule has 0 bridgehead atoms. The minimum atomic E-state index is -0.00435. The van der Waals surface area contributed by atoms with Gasteiger partial charge in [0.1, 0.15) is 0 Å². The van der Waals surface area contributed by atoms with Gasteiger partial charge in [-0.05, 0) is 12.8 Å². The zero-order valence-corrected chi connectivity index (χ0v) is 7.29. The summed E-state index contributed by atoms with van der Waals surface area (Å²) in [6.45, 7) is 0. The summed E-state index contributed by atoms with van der Waals surface area (Å²) >= 11 is 0. The Morgan fingerprint density at radius 1 is 0.750 bits per heavy atom. The van der Waals surface area contributed by atoms with Crippen LogP contribution in [0.15, 0.2) is 0 Å². The molecule has 0 amide bonds. The fraction of sp³-hybridized carbons (Fsp3) is 0.800. The molecule has 1 aliphatic rings. The average Bonchev–Trinajstić information content (AvgIpc) is 2.05. The lowest BCUT2D eigenvalue weighted by Gasteiger charge is -2.17. The van der Waals surface area contributed by atoms with E-state index in [9.17, 15) is 0 Å². The van der Waals surface area contributed by atoms with E-state index in [0.717, 1.165) is 25.7 Å². The van der Waals surface area contributed by atoms with E-state index in [2.05, 4.69) is 12.1 Å². The van der Waals surface area contributed by atoms with Crippen molar-refractivity contribution in [1.29, 1.82) is 10.5 Å². The highest BCUT2D eigenvalue weighted by atomic mass is 14.4. The summed E-state index contributed by atoms with van der Waals surface area (Å²) < 4.78 is 0. The molecule has 0 unspecified atom stereocenters. The molecule has 1 fully saturated rings. The summed E-state index contributed by atoms with van der Waals surface area (Å²) in [7, 11) is 0. The van der Waals surface area contributed by atoms with Crippen LogP contribution in [0, 0.1) is 34.5 Å². The van der Waals surface area contributed by atoms with Gasteiger partial charge in [-0.2, -0.15) is 10.5 Å². The van der Waals surface area contributed by atoms with Crippen molar-refractivity contribution in [2.24, 2.45) is 11.8 Å². The normalized spacial score (nSPS) is 30.8. The Bertz CT molecular complexity index is 185. The first-order chi connectivity index (χ1) is 5.88. The van der Waals surface area contributed by atoms with Gasteiger partial charge in [0.25, 0.3) is 0 Å². The van der Waals surface area contributed by atoms with E-state index in [4.69, 9.17) is 10.5 Å². The van der Waals surface area contributed by atoms with Crippen molar-refractivity contribution in [3.05, 3.63) is 0 Å². The van der Waals surface area contributed by atoms with E-state index in [1.165, 1.54) is 12.8 Å². The fourth-order valence-electron chi connectivity index (χ4n) is 1.79. The van der Waals surface area contributed by atoms with E-state index in [1.807, 2.05) is 0 Å². The summed E-state index contributed by atoms with van der Waals surface area (Å²) in [4.78, 5) is 0. The third-order valence-electron chi connectivity index (χ3n) is 2.60. The predicted molar refractivity (Wildman–Crippen MR) is 45.9 cm³/mol. The van der Waals surface area contributed by atoms with Crippen molar-refractivity contribution in [2.45, 2.75) is 38.5 Å². The average molecular weight is 162 g/mol. The molecule has 2 atom stereocenters. The van der Waals surface area contributed by atoms with Crippen LogP contribution in [0.2, 0.25) is 0 Å². The highest BCUT2D eigenvalue weighted by Crippen LogP contribution is 2.26. The van der Waals surface area contributed by atoms with Crippen molar-refractivity contribution in [1.82, 2.24) is 0 Å². The number of rotatable bonds is 0. The topological polar surface area (TPSA) is 47.6 Å². The van der Waals surface area contributed by atoms with Crippen molar-refractivity contribution >= 4 is 0 Å². The van der Waals surface area contributed by atoms with Crippen molar-refractivity contribution < 1.29 is 0 Å². The monoisotopic (exact) mass is 162 g/mol. The molecule has 0 aromatic heterocycles. The van der Waals surface area contributed by atoms with Crippen molar-refractivity contribution in [3.8, 4) is 12.1 Å². The van der Waals surface area contributed by atoms with Crippen LogP contribution in [0.3, 0.4) is 0 Å². The first-order valence-electron chi connectivity index (χ1n) is 4.67. The van der Waals surface area contributed by atoms with Crippen LogP contribution in [0.1, 0.15) is 38.5 Å². The molecule has 64 valence electrons. The number of nitrogens with zero attached hydrogens (tertiary/aromatic N) is 2. The molecule has 0 aliphatic heterocycles. The molecule has 0 aromatic rings.